The summed E-state index contributed by atoms with van der Waals surface area (Å²) in [6.07, 6.45) is 0. The fraction of sp³-hybridized carbons (Fsp3) is 0.176. The third kappa shape index (κ3) is 3.86. The Hall–Kier alpha value is -2.33. The third-order valence-corrected chi connectivity index (χ3v) is 3.50. The number of halogens is 1. The number of nitrogens with one attached hydrogen (secondary N) is 1. The molecule has 1 N–H and O–H groups in total. The fourth-order valence-corrected chi connectivity index (χ4v) is 2.02. The number of carbonyl (C=O) groups excluding carboxylic acids is 2. The molecule has 2 rings (SSSR count). The smallest absolute Gasteiger partial charge is 0.338 e. The molecule has 0 unspecified atom stereocenters. The van der Waals surface area contributed by atoms with E-state index in [-0.39, 0.29) is 11.9 Å². The van der Waals surface area contributed by atoms with E-state index in [0.717, 1.165) is 5.56 Å². The molecule has 4 nitrogen and oxygen atoms in total. The number of benzene rings is 2. The lowest BCUT2D eigenvalue weighted by molar-refractivity contribution is 0.0526. The van der Waals surface area contributed by atoms with Crippen LogP contribution in [0.2, 0.25) is 5.02 Å². The van der Waals surface area contributed by atoms with Gasteiger partial charge in [0.05, 0.1) is 12.2 Å². The number of aryl methyl sites for hydroxylation is 1. The number of carbonyl (C=O) groups is 2. The van der Waals surface area contributed by atoms with Gasteiger partial charge in [-0.2, -0.15) is 0 Å². The maximum absolute atomic E-state index is 12.1. The summed E-state index contributed by atoms with van der Waals surface area (Å²) in [7, 11) is 0. The average molecular weight is 318 g/mol. The second-order valence-electron chi connectivity index (χ2n) is 4.72. The lowest BCUT2D eigenvalue weighted by Crippen LogP contribution is -2.12. The van der Waals surface area contributed by atoms with Crippen LogP contribution in [0.15, 0.2) is 42.5 Å². The van der Waals surface area contributed by atoms with Crippen molar-refractivity contribution in [2.45, 2.75) is 13.8 Å². The standard InChI is InChI=1S/C17H16ClNO3/c1-3-22-17(21)12-6-8-14(9-7-12)19-16(20)13-5-4-11(2)15(18)10-13/h4-10H,3H2,1-2H3,(H,19,20). The molecule has 114 valence electrons. The van der Waals surface area contributed by atoms with E-state index in [1.165, 1.54) is 0 Å². The van der Waals surface area contributed by atoms with Crippen LogP contribution >= 0.6 is 11.6 Å². The number of anilines is 1. The summed E-state index contributed by atoms with van der Waals surface area (Å²) in [6, 6.07) is 11.6. The molecule has 5 heteroatoms. The molecule has 0 aliphatic carbocycles. The zero-order valence-electron chi connectivity index (χ0n) is 12.4. The van der Waals surface area contributed by atoms with Crippen molar-refractivity contribution in [3.8, 4) is 0 Å². The van der Waals surface area contributed by atoms with Crippen molar-refractivity contribution in [3.05, 3.63) is 64.2 Å². The van der Waals surface area contributed by atoms with Crippen molar-refractivity contribution in [2.75, 3.05) is 11.9 Å². The minimum Gasteiger partial charge on any atom is -0.462 e. The highest BCUT2D eigenvalue weighted by atomic mass is 35.5. The first-order valence-corrected chi connectivity index (χ1v) is 7.23. The van der Waals surface area contributed by atoms with E-state index >= 15 is 0 Å². The zero-order valence-corrected chi connectivity index (χ0v) is 13.1. The van der Waals surface area contributed by atoms with E-state index in [1.54, 1.807) is 49.4 Å². The highest BCUT2D eigenvalue weighted by molar-refractivity contribution is 6.31. The minimum atomic E-state index is -0.384. The quantitative estimate of drug-likeness (QED) is 0.864. The Bertz CT molecular complexity index is 696. The van der Waals surface area contributed by atoms with E-state index in [9.17, 15) is 9.59 Å². The van der Waals surface area contributed by atoms with Gasteiger partial charge < -0.3 is 10.1 Å². The van der Waals surface area contributed by atoms with Crippen molar-refractivity contribution in [1.82, 2.24) is 0 Å². The van der Waals surface area contributed by atoms with Gasteiger partial charge in [0.15, 0.2) is 0 Å². The van der Waals surface area contributed by atoms with Crippen LogP contribution in [0.3, 0.4) is 0 Å². The molecule has 22 heavy (non-hydrogen) atoms. The van der Waals surface area contributed by atoms with Gasteiger partial charge in [0.2, 0.25) is 0 Å². The summed E-state index contributed by atoms with van der Waals surface area (Å²) in [4.78, 5) is 23.7. The van der Waals surface area contributed by atoms with Gasteiger partial charge in [0, 0.05) is 16.3 Å². The maximum atomic E-state index is 12.1. The average Bonchev–Trinajstić information content (AvgIpc) is 2.51. The number of hydrogen-bond donors (Lipinski definition) is 1. The van der Waals surface area contributed by atoms with Crippen molar-refractivity contribution in [2.24, 2.45) is 0 Å². The third-order valence-electron chi connectivity index (χ3n) is 3.09. The highest BCUT2D eigenvalue weighted by Crippen LogP contribution is 2.18. The number of amides is 1. The van der Waals surface area contributed by atoms with Gasteiger partial charge in [-0.1, -0.05) is 17.7 Å². The molecule has 0 atom stereocenters. The Kier molecular flexibility index (Phi) is 5.17. The van der Waals surface area contributed by atoms with E-state index < -0.39 is 0 Å². The zero-order chi connectivity index (χ0) is 16.1. The molecule has 0 fully saturated rings. The molecule has 0 radical (unpaired) electrons. The molecule has 0 aliphatic heterocycles. The number of ether oxygens (including phenoxy) is 1. The van der Waals surface area contributed by atoms with Crippen LogP contribution in [0, 0.1) is 6.92 Å². The lowest BCUT2D eigenvalue weighted by Gasteiger charge is -2.07. The van der Waals surface area contributed by atoms with Crippen molar-refractivity contribution in [1.29, 1.82) is 0 Å². The molecule has 2 aromatic carbocycles. The van der Waals surface area contributed by atoms with Crippen LogP contribution in [-0.2, 0) is 4.74 Å². The molecular weight excluding hydrogens is 302 g/mol. The van der Waals surface area contributed by atoms with E-state index in [1.807, 2.05) is 6.92 Å². The predicted octanol–water partition coefficient (Wildman–Crippen LogP) is 4.08. The Morgan fingerprint density at radius 2 is 1.73 bits per heavy atom. The SMILES string of the molecule is CCOC(=O)c1ccc(NC(=O)c2ccc(C)c(Cl)c2)cc1. The summed E-state index contributed by atoms with van der Waals surface area (Å²) < 4.78 is 4.90. The Morgan fingerprint density at radius 1 is 1.09 bits per heavy atom. The normalized spacial score (nSPS) is 10.1. The Morgan fingerprint density at radius 3 is 2.32 bits per heavy atom. The van der Waals surface area contributed by atoms with Gasteiger partial charge >= 0.3 is 5.97 Å². The molecule has 0 saturated carbocycles. The van der Waals surface area contributed by atoms with Crippen molar-refractivity contribution < 1.29 is 14.3 Å². The summed E-state index contributed by atoms with van der Waals surface area (Å²) in [5.41, 5.74) is 2.43. The van der Waals surface area contributed by atoms with Gasteiger partial charge in [0.1, 0.15) is 0 Å². The summed E-state index contributed by atoms with van der Waals surface area (Å²) in [5, 5.41) is 3.30. The highest BCUT2D eigenvalue weighted by Gasteiger charge is 2.09. The summed E-state index contributed by atoms with van der Waals surface area (Å²) >= 11 is 6.01. The largest absolute Gasteiger partial charge is 0.462 e. The van der Waals surface area contributed by atoms with E-state index in [0.29, 0.717) is 28.4 Å². The van der Waals surface area contributed by atoms with Gasteiger partial charge in [-0.3, -0.25) is 4.79 Å². The first kappa shape index (κ1) is 16.0. The van der Waals surface area contributed by atoms with Crippen LogP contribution in [0.25, 0.3) is 0 Å². The first-order valence-electron chi connectivity index (χ1n) is 6.86. The molecular formula is C17H16ClNO3. The van der Waals surface area contributed by atoms with Gasteiger partial charge in [-0.05, 0) is 55.8 Å². The molecule has 0 aromatic heterocycles. The Labute approximate surface area is 134 Å². The lowest BCUT2D eigenvalue weighted by atomic mass is 10.1. The molecule has 0 saturated heterocycles. The molecule has 0 spiro atoms. The van der Waals surface area contributed by atoms with Crippen molar-refractivity contribution in [3.63, 3.8) is 0 Å². The van der Waals surface area contributed by atoms with Crippen molar-refractivity contribution >= 4 is 29.2 Å². The van der Waals surface area contributed by atoms with E-state index in [4.69, 9.17) is 16.3 Å². The van der Waals surface area contributed by atoms with Crippen LogP contribution in [0.5, 0.6) is 0 Å². The van der Waals surface area contributed by atoms with Crippen LogP contribution < -0.4 is 5.32 Å². The molecule has 0 aliphatic rings. The predicted molar refractivity (Wildman–Crippen MR) is 86.5 cm³/mol. The Balaban J connectivity index is 2.08. The number of hydrogen-bond acceptors (Lipinski definition) is 3. The summed E-state index contributed by atoms with van der Waals surface area (Å²) in [6.45, 7) is 3.95. The molecule has 0 bridgehead atoms. The monoisotopic (exact) mass is 317 g/mol. The second kappa shape index (κ2) is 7.09. The molecule has 2 aromatic rings. The van der Waals surface area contributed by atoms with Crippen LogP contribution in [-0.4, -0.2) is 18.5 Å². The number of esters is 1. The van der Waals surface area contributed by atoms with Gasteiger partial charge in [0.25, 0.3) is 5.91 Å². The first-order chi connectivity index (χ1) is 10.5. The molecule has 0 heterocycles. The van der Waals surface area contributed by atoms with Crippen LogP contribution in [0.1, 0.15) is 33.2 Å². The second-order valence-corrected chi connectivity index (χ2v) is 5.12. The topological polar surface area (TPSA) is 55.4 Å². The summed E-state index contributed by atoms with van der Waals surface area (Å²) in [5.74, 6) is -0.642. The van der Waals surface area contributed by atoms with E-state index in [2.05, 4.69) is 5.32 Å². The van der Waals surface area contributed by atoms with Gasteiger partial charge in [-0.25, -0.2) is 4.79 Å². The minimum absolute atomic E-state index is 0.259. The van der Waals surface area contributed by atoms with Crippen LogP contribution in [0.4, 0.5) is 5.69 Å². The molecule has 1 amide bonds. The number of rotatable bonds is 4. The fourth-order valence-electron chi connectivity index (χ4n) is 1.84. The maximum Gasteiger partial charge on any atom is 0.338 e. The van der Waals surface area contributed by atoms with Gasteiger partial charge in [-0.15, -0.1) is 0 Å².